The van der Waals surface area contributed by atoms with Crippen molar-refractivity contribution in [1.82, 2.24) is 0 Å². The van der Waals surface area contributed by atoms with Crippen molar-refractivity contribution >= 4 is 39.8 Å². The Kier molecular flexibility index (Phi) is 81.8. The van der Waals surface area contributed by atoms with Gasteiger partial charge in [0.15, 0.2) is 0 Å². The zero-order valence-electron chi connectivity index (χ0n) is 3.62. The molecule has 0 saturated heterocycles. The standard InChI is InChI=1S/Li.H3P.S.Sn.H/h;1H3;;;/q+1;;;;-1. The third-order valence-corrected chi connectivity index (χ3v) is 0. The molecule has 0 bridgehead atoms. The number of hydrogen-bond donors (Lipinski definition) is 0. The van der Waals surface area contributed by atoms with E-state index < -0.39 is 0 Å². The fourth-order valence-electron chi connectivity index (χ4n) is 0. The van der Waals surface area contributed by atoms with E-state index in [-0.39, 0.29) is 30.2 Å². The quantitative estimate of drug-likeness (QED) is 0.301. The predicted octanol–water partition coefficient (Wildman–Crippen LogP) is -2.56. The topological polar surface area (TPSA) is 0 Å². The van der Waals surface area contributed by atoms with Crippen LogP contribution in [0.1, 0.15) is 1.43 Å². The van der Waals surface area contributed by atoms with E-state index in [0.717, 1.165) is 20.6 Å². The van der Waals surface area contributed by atoms with Crippen LogP contribution in [0, 0.1) is 0 Å². The van der Waals surface area contributed by atoms with Gasteiger partial charge in [-0.1, -0.05) is 0 Å². The van der Waals surface area contributed by atoms with Crippen LogP contribution in [0.5, 0.6) is 0 Å². The molecule has 0 N–H and O–H groups in total. The molecule has 0 heterocycles. The van der Waals surface area contributed by atoms with Crippen LogP contribution in [0.2, 0.25) is 0 Å². The monoisotopic (exact) mass is 194 g/mol. The van der Waals surface area contributed by atoms with E-state index in [1.54, 1.807) is 0 Å². The second-order valence-electron chi connectivity index (χ2n) is 0. The van der Waals surface area contributed by atoms with Gasteiger partial charge in [0.25, 0.3) is 0 Å². The molecule has 0 spiro atoms. The van der Waals surface area contributed by atoms with Crippen molar-refractivity contribution in [1.29, 1.82) is 0 Å². The van der Waals surface area contributed by atoms with Gasteiger partial charge in [-0.05, 0) is 0 Å². The van der Waals surface area contributed by atoms with E-state index >= 15 is 0 Å². The van der Waals surface area contributed by atoms with Gasteiger partial charge in [-0.2, -0.15) is 9.90 Å². The van der Waals surface area contributed by atoms with Crippen molar-refractivity contribution in [3.63, 3.8) is 0 Å². The summed E-state index contributed by atoms with van der Waals surface area (Å²) in [5.74, 6) is 0. The molecule has 1 atom stereocenters. The summed E-state index contributed by atoms with van der Waals surface area (Å²) < 4.78 is 0. The molecule has 4 heavy (non-hydrogen) atoms. The van der Waals surface area contributed by atoms with E-state index in [9.17, 15) is 0 Å². The Balaban J connectivity index is -0.00000000167. The number of hydrogen-bond acceptors (Lipinski definition) is 1. The van der Waals surface area contributed by atoms with Crippen LogP contribution in [0.3, 0.4) is 0 Å². The van der Waals surface area contributed by atoms with E-state index in [2.05, 4.69) is 9.29 Å². The summed E-state index contributed by atoms with van der Waals surface area (Å²) in [5, 5.41) is 0. The van der Waals surface area contributed by atoms with Crippen molar-refractivity contribution in [3.8, 4) is 0 Å². The fourth-order valence-corrected chi connectivity index (χ4v) is 0. The third-order valence-electron chi connectivity index (χ3n) is 0. The van der Waals surface area contributed by atoms with Gasteiger partial charge in [-0.25, -0.2) is 0 Å². The van der Waals surface area contributed by atoms with Gasteiger partial charge >= 0.3 is 48.7 Å². The Bertz CT molecular complexity index is 11.6. The van der Waals surface area contributed by atoms with E-state index in [1.165, 1.54) is 0 Å². The van der Waals surface area contributed by atoms with Crippen LogP contribution in [-0.4, -0.2) is 20.6 Å². The molecule has 0 aliphatic heterocycles. The minimum absolute atomic E-state index is 0. The zero-order valence-corrected chi connectivity index (χ0v) is 7.70. The predicted molar refractivity (Wildman–Crippen MR) is 25.6 cm³/mol. The van der Waals surface area contributed by atoms with Crippen molar-refractivity contribution < 1.29 is 20.3 Å². The number of rotatable bonds is 0. The maximum absolute atomic E-state index is 4.17. The molecular formula is H4LiPSSn. The molecule has 4 heteroatoms. The first-order chi connectivity index (χ1) is 1.00. The average Bonchev–Trinajstić information content (AvgIpc) is 1.00. The average molecular weight is 193 g/mol. The van der Waals surface area contributed by atoms with Crippen molar-refractivity contribution in [2.75, 3.05) is 0 Å². The van der Waals surface area contributed by atoms with Crippen LogP contribution in [0.15, 0.2) is 0 Å². The van der Waals surface area contributed by atoms with Gasteiger partial charge in [0.1, 0.15) is 0 Å². The molecule has 0 nitrogen and oxygen atoms in total. The van der Waals surface area contributed by atoms with E-state index in [0.29, 0.717) is 0 Å². The van der Waals surface area contributed by atoms with Gasteiger partial charge < -0.3 is 1.43 Å². The molecule has 20 valence electrons. The van der Waals surface area contributed by atoms with Crippen LogP contribution >= 0.6 is 19.2 Å². The Morgan fingerprint density at radius 3 is 1.50 bits per heavy atom. The first kappa shape index (κ1) is 16.6. The van der Waals surface area contributed by atoms with Gasteiger partial charge in [0.05, 0.1) is 0 Å². The third kappa shape index (κ3) is 8.97. The molecule has 1 unspecified atom stereocenters. The summed E-state index contributed by atoms with van der Waals surface area (Å²) in [6, 6.07) is 0. The van der Waals surface area contributed by atoms with E-state index in [1.807, 2.05) is 0 Å². The Morgan fingerprint density at radius 1 is 1.50 bits per heavy atom. The molecular weight excluding hydrogens is 189 g/mol. The molecule has 0 aromatic heterocycles. The van der Waals surface area contributed by atoms with Gasteiger partial charge in [-0.15, -0.1) is 0 Å². The van der Waals surface area contributed by atoms with Gasteiger partial charge in [0, 0.05) is 0 Å². The van der Waals surface area contributed by atoms with Gasteiger partial charge in [0.2, 0.25) is 0 Å². The van der Waals surface area contributed by atoms with Crippen molar-refractivity contribution in [2.24, 2.45) is 0 Å². The summed E-state index contributed by atoms with van der Waals surface area (Å²) in [6.07, 6.45) is 0. The Hall–Kier alpha value is 2.05. The zero-order chi connectivity index (χ0) is 2.00. The Labute approximate surface area is 59.6 Å². The fraction of sp³-hybridized carbons (Fsp3) is 0. The van der Waals surface area contributed by atoms with Crippen LogP contribution in [0.25, 0.3) is 0 Å². The summed E-state index contributed by atoms with van der Waals surface area (Å²) in [6.45, 7) is 0. The second-order valence-corrected chi connectivity index (χ2v) is 0. The maximum atomic E-state index is 4.17. The van der Waals surface area contributed by atoms with Gasteiger partial charge in [-0.3, -0.25) is 0 Å². The summed E-state index contributed by atoms with van der Waals surface area (Å²) in [5.41, 5.74) is 0. The molecule has 0 amide bonds. The molecule has 0 rings (SSSR count). The van der Waals surface area contributed by atoms with Crippen molar-refractivity contribution in [2.45, 2.75) is 0 Å². The normalized spacial score (nSPS) is 1.00. The molecule has 2 radical (unpaired) electrons. The second kappa shape index (κ2) is 19.7. The summed E-state index contributed by atoms with van der Waals surface area (Å²) in [4.78, 5) is 0. The molecule has 0 aliphatic carbocycles. The molecule has 0 aliphatic rings. The Morgan fingerprint density at radius 2 is 1.50 bits per heavy atom. The summed E-state index contributed by atoms with van der Waals surface area (Å²) >= 11 is 1.13. The van der Waals surface area contributed by atoms with Crippen LogP contribution in [-0.2, 0) is 0 Å². The molecule has 0 saturated carbocycles. The van der Waals surface area contributed by atoms with Crippen molar-refractivity contribution in [3.05, 3.63) is 0 Å². The van der Waals surface area contributed by atoms with Crippen LogP contribution in [0.4, 0.5) is 0 Å². The SMILES string of the molecule is P.[H-].[Li+].[S]=[Sn]. The minimum atomic E-state index is 0. The molecule has 0 aromatic rings. The first-order valence-corrected chi connectivity index (χ1v) is 4.11. The molecule has 0 fully saturated rings. The van der Waals surface area contributed by atoms with Crippen LogP contribution < -0.4 is 18.9 Å². The molecule has 0 aromatic carbocycles. The van der Waals surface area contributed by atoms with E-state index in [4.69, 9.17) is 0 Å². The first-order valence-electron chi connectivity index (χ1n) is 0.204. The summed E-state index contributed by atoms with van der Waals surface area (Å²) in [7, 11) is 4.17.